The molecule has 1 aromatic carbocycles. The zero-order valence-electron chi connectivity index (χ0n) is 15.5. The normalized spacial score (nSPS) is 11.1. The topological polar surface area (TPSA) is 72.7 Å². The molecule has 3 rings (SSSR count). The average molecular weight is 369 g/mol. The van der Waals surface area contributed by atoms with Crippen molar-refractivity contribution in [1.82, 2.24) is 20.0 Å². The van der Waals surface area contributed by atoms with Crippen molar-refractivity contribution in [2.75, 3.05) is 5.32 Å². The number of aromatic nitrogens is 4. The molecule has 1 amide bonds. The summed E-state index contributed by atoms with van der Waals surface area (Å²) < 4.78 is 1.86. The monoisotopic (exact) mass is 369 g/mol. The molecule has 2 aromatic heterocycles. The predicted octanol–water partition coefficient (Wildman–Crippen LogP) is 4.50. The smallest absolute Gasteiger partial charge is 0.257 e. The fourth-order valence-electron chi connectivity index (χ4n) is 2.90. The summed E-state index contributed by atoms with van der Waals surface area (Å²) >= 11 is 1.45. The van der Waals surface area contributed by atoms with Crippen molar-refractivity contribution in [3.63, 3.8) is 0 Å². The van der Waals surface area contributed by atoms with Crippen molar-refractivity contribution < 1.29 is 4.79 Å². The lowest BCUT2D eigenvalue weighted by molar-refractivity contribution is 0.102. The van der Waals surface area contributed by atoms with Gasteiger partial charge in [-0.3, -0.25) is 10.1 Å². The molecule has 136 valence electrons. The maximum Gasteiger partial charge on any atom is 0.257 e. The SMILES string of the molecule is CCC(CC)c1nnc(NC(=O)c2ccc(-n3nc(C)cc3C)cc2)s1. The lowest BCUT2D eigenvalue weighted by atomic mass is 10.1. The Bertz CT molecular complexity index is 893. The fourth-order valence-corrected chi connectivity index (χ4v) is 3.91. The maximum absolute atomic E-state index is 12.5. The molecular formula is C19H23N5OS. The first-order chi connectivity index (χ1) is 12.5. The van der Waals surface area contributed by atoms with Gasteiger partial charge in [0.15, 0.2) is 0 Å². The molecule has 0 bridgehead atoms. The summed E-state index contributed by atoms with van der Waals surface area (Å²) in [5.41, 5.74) is 3.53. The van der Waals surface area contributed by atoms with E-state index >= 15 is 0 Å². The van der Waals surface area contributed by atoms with E-state index in [1.807, 2.05) is 36.7 Å². The second-order valence-corrected chi connectivity index (χ2v) is 7.31. The first kappa shape index (κ1) is 18.3. The van der Waals surface area contributed by atoms with Gasteiger partial charge in [0, 0.05) is 17.2 Å². The number of aryl methyl sites for hydroxylation is 2. The van der Waals surface area contributed by atoms with Crippen molar-refractivity contribution in [3.8, 4) is 5.69 Å². The van der Waals surface area contributed by atoms with Crippen LogP contribution >= 0.6 is 11.3 Å². The standard InChI is InChI=1S/C19H23N5OS/c1-5-14(6-2)18-21-22-19(26-18)20-17(25)15-7-9-16(10-8-15)24-13(4)11-12(3)23-24/h7-11,14H,5-6H2,1-4H3,(H,20,22,25). The Morgan fingerprint density at radius 2 is 1.85 bits per heavy atom. The maximum atomic E-state index is 12.5. The molecule has 0 aliphatic rings. The third-order valence-electron chi connectivity index (χ3n) is 4.38. The minimum absolute atomic E-state index is 0.183. The molecule has 0 unspecified atom stereocenters. The van der Waals surface area contributed by atoms with E-state index in [0.29, 0.717) is 16.6 Å². The molecule has 6 nitrogen and oxygen atoms in total. The first-order valence-corrected chi connectivity index (χ1v) is 9.62. The molecule has 0 spiro atoms. The molecule has 0 fully saturated rings. The van der Waals surface area contributed by atoms with Crippen LogP contribution < -0.4 is 5.32 Å². The van der Waals surface area contributed by atoms with Crippen LogP contribution in [0.4, 0.5) is 5.13 Å². The number of carbonyl (C=O) groups is 1. The van der Waals surface area contributed by atoms with Crippen LogP contribution in [0.1, 0.15) is 59.4 Å². The molecule has 0 aliphatic carbocycles. The summed E-state index contributed by atoms with van der Waals surface area (Å²) in [5.74, 6) is 0.218. The lowest BCUT2D eigenvalue weighted by Gasteiger charge is -2.06. The second kappa shape index (κ2) is 7.78. The number of rotatable bonds is 6. The number of hydrogen-bond donors (Lipinski definition) is 1. The number of anilines is 1. The van der Waals surface area contributed by atoms with Gasteiger partial charge in [0.25, 0.3) is 5.91 Å². The van der Waals surface area contributed by atoms with Crippen molar-refractivity contribution >= 4 is 22.4 Å². The Balaban J connectivity index is 1.71. The highest BCUT2D eigenvalue weighted by Crippen LogP contribution is 2.28. The fraction of sp³-hybridized carbons (Fsp3) is 0.368. The summed E-state index contributed by atoms with van der Waals surface area (Å²) in [6.07, 6.45) is 2.04. The Kier molecular flexibility index (Phi) is 5.46. The number of amides is 1. The highest BCUT2D eigenvalue weighted by atomic mass is 32.1. The van der Waals surface area contributed by atoms with Crippen LogP contribution in [0.3, 0.4) is 0 Å². The molecule has 0 atom stereocenters. The van der Waals surface area contributed by atoms with E-state index in [4.69, 9.17) is 0 Å². The Morgan fingerprint density at radius 1 is 1.15 bits per heavy atom. The summed E-state index contributed by atoms with van der Waals surface area (Å²) in [5, 5.41) is 17.1. The van der Waals surface area contributed by atoms with Crippen LogP contribution in [-0.2, 0) is 0 Å². The quantitative estimate of drug-likeness (QED) is 0.694. The number of nitrogens with zero attached hydrogens (tertiary/aromatic N) is 4. The Labute approximate surface area is 157 Å². The van der Waals surface area contributed by atoms with Crippen LogP contribution in [0.2, 0.25) is 0 Å². The molecular weight excluding hydrogens is 346 g/mol. The van der Waals surface area contributed by atoms with Gasteiger partial charge in [-0.05, 0) is 57.0 Å². The van der Waals surface area contributed by atoms with Gasteiger partial charge in [0.1, 0.15) is 5.01 Å². The average Bonchev–Trinajstić information content (AvgIpc) is 3.22. The van der Waals surface area contributed by atoms with Gasteiger partial charge in [0.05, 0.1) is 11.4 Å². The van der Waals surface area contributed by atoms with Crippen molar-refractivity contribution in [1.29, 1.82) is 0 Å². The molecule has 0 saturated heterocycles. The van der Waals surface area contributed by atoms with Gasteiger partial charge in [-0.2, -0.15) is 5.10 Å². The molecule has 2 heterocycles. The molecule has 26 heavy (non-hydrogen) atoms. The van der Waals surface area contributed by atoms with Gasteiger partial charge in [-0.1, -0.05) is 25.2 Å². The zero-order valence-corrected chi connectivity index (χ0v) is 16.3. The highest BCUT2D eigenvalue weighted by Gasteiger charge is 2.15. The van der Waals surface area contributed by atoms with E-state index in [1.54, 1.807) is 12.1 Å². The number of nitrogens with one attached hydrogen (secondary N) is 1. The molecule has 7 heteroatoms. The minimum atomic E-state index is -0.183. The third-order valence-corrected chi connectivity index (χ3v) is 5.38. The van der Waals surface area contributed by atoms with Gasteiger partial charge in [-0.25, -0.2) is 4.68 Å². The van der Waals surface area contributed by atoms with Crippen LogP contribution in [0, 0.1) is 13.8 Å². The van der Waals surface area contributed by atoms with Crippen LogP contribution in [0.15, 0.2) is 30.3 Å². The van der Waals surface area contributed by atoms with Gasteiger partial charge in [-0.15, -0.1) is 10.2 Å². The van der Waals surface area contributed by atoms with Crippen LogP contribution in [-0.4, -0.2) is 25.9 Å². The zero-order chi connectivity index (χ0) is 18.7. The van der Waals surface area contributed by atoms with E-state index in [2.05, 4.69) is 34.5 Å². The summed E-state index contributed by atoms with van der Waals surface area (Å²) in [4.78, 5) is 12.5. The Hall–Kier alpha value is -2.54. The van der Waals surface area contributed by atoms with Gasteiger partial charge in [0.2, 0.25) is 5.13 Å². The lowest BCUT2D eigenvalue weighted by Crippen LogP contribution is -2.12. The van der Waals surface area contributed by atoms with Crippen molar-refractivity contribution in [2.24, 2.45) is 0 Å². The van der Waals surface area contributed by atoms with E-state index < -0.39 is 0 Å². The van der Waals surface area contributed by atoms with Crippen molar-refractivity contribution in [3.05, 3.63) is 52.3 Å². The highest BCUT2D eigenvalue weighted by molar-refractivity contribution is 7.15. The first-order valence-electron chi connectivity index (χ1n) is 8.80. The third kappa shape index (κ3) is 3.83. The molecule has 0 radical (unpaired) electrons. The van der Waals surface area contributed by atoms with Crippen LogP contribution in [0.25, 0.3) is 5.69 Å². The Morgan fingerprint density at radius 3 is 2.42 bits per heavy atom. The van der Waals surface area contributed by atoms with E-state index in [9.17, 15) is 4.79 Å². The van der Waals surface area contributed by atoms with Gasteiger partial charge >= 0.3 is 0 Å². The largest absolute Gasteiger partial charge is 0.296 e. The summed E-state index contributed by atoms with van der Waals surface area (Å²) in [7, 11) is 0. The van der Waals surface area contributed by atoms with Crippen LogP contribution in [0.5, 0.6) is 0 Å². The second-order valence-electron chi connectivity index (χ2n) is 6.30. The number of carbonyl (C=O) groups excluding carboxylic acids is 1. The minimum Gasteiger partial charge on any atom is -0.296 e. The van der Waals surface area contributed by atoms with E-state index in [-0.39, 0.29) is 5.91 Å². The predicted molar refractivity (Wildman–Crippen MR) is 104 cm³/mol. The number of hydrogen-bond acceptors (Lipinski definition) is 5. The van der Waals surface area contributed by atoms with E-state index in [1.165, 1.54) is 11.3 Å². The molecule has 0 aliphatic heterocycles. The molecule has 3 aromatic rings. The number of benzene rings is 1. The summed E-state index contributed by atoms with van der Waals surface area (Å²) in [6, 6.07) is 9.40. The molecule has 1 N–H and O–H groups in total. The molecule has 0 saturated carbocycles. The van der Waals surface area contributed by atoms with Crippen molar-refractivity contribution in [2.45, 2.75) is 46.5 Å². The van der Waals surface area contributed by atoms with Gasteiger partial charge < -0.3 is 0 Å². The van der Waals surface area contributed by atoms with E-state index in [0.717, 1.165) is 34.9 Å². The summed E-state index contributed by atoms with van der Waals surface area (Å²) in [6.45, 7) is 8.24.